The van der Waals surface area contributed by atoms with Crippen molar-refractivity contribution < 1.29 is 9.66 Å². The third kappa shape index (κ3) is 3.48. The number of ether oxygens (including phenoxy) is 1. The summed E-state index contributed by atoms with van der Waals surface area (Å²) in [4.78, 5) is 13.3. The van der Waals surface area contributed by atoms with E-state index in [-0.39, 0.29) is 10.6 Å². The molecule has 2 heterocycles. The lowest BCUT2D eigenvalue weighted by Gasteiger charge is -2.43. The smallest absolute Gasteiger partial charge is 0.310 e. The number of benzene rings is 1. The summed E-state index contributed by atoms with van der Waals surface area (Å²) in [6.07, 6.45) is 5.93. The van der Waals surface area contributed by atoms with Crippen molar-refractivity contribution in [3.05, 3.63) is 33.9 Å². The Hall–Kier alpha value is -1.66. The van der Waals surface area contributed by atoms with E-state index in [1.54, 1.807) is 6.07 Å². The maximum Gasteiger partial charge on any atom is 0.310 e. The lowest BCUT2D eigenvalue weighted by molar-refractivity contribution is -0.385. The number of methoxy groups -OCH3 is 1. The highest BCUT2D eigenvalue weighted by Crippen LogP contribution is 2.38. The third-order valence-corrected chi connectivity index (χ3v) is 5.11. The van der Waals surface area contributed by atoms with Crippen molar-refractivity contribution in [2.75, 3.05) is 26.7 Å². The number of hydrogen-bond acceptors (Lipinski definition) is 5. The Kier molecular flexibility index (Phi) is 5.13. The molecule has 6 heteroatoms. The van der Waals surface area contributed by atoms with Crippen molar-refractivity contribution in [2.45, 2.75) is 44.2 Å². The minimum absolute atomic E-state index is 0.0421. The number of piperidine rings is 2. The quantitative estimate of drug-likeness (QED) is 0.683. The van der Waals surface area contributed by atoms with Crippen molar-refractivity contribution in [1.29, 1.82) is 0 Å². The van der Waals surface area contributed by atoms with Gasteiger partial charge in [0.2, 0.25) is 0 Å². The Morgan fingerprint density at radius 2 is 2.04 bits per heavy atom. The number of nitro benzene ring substituents is 1. The molecule has 23 heavy (non-hydrogen) atoms. The maximum absolute atomic E-state index is 11.1. The average molecular weight is 319 g/mol. The molecular formula is C17H25N3O3. The van der Waals surface area contributed by atoms with Crippen molar-refractivity contribution >= 4 is 5.69 Å². The highest BCUT2D eigenvalue weighted by molar-refractivity contribution is 5.49. The average Bonchev–Trinajstić information content (AvgIpc) is 2.61. The van der Waals surface area contributed by atoms with E-state index in [1.807, 2.05) is 12.1 Å². The first-order chi connectivity index (χ1) is 11.2. The Morgan fingerprint density at radius 3 is 2.74 bits per heavy atom. The molecule has 2 aliphatic heterocycles. The Bertz CT molecular complexity index is 558. The second-order valence-electron chi connectivity index (χ2n) is 6.42. The molecule has 3 rings (SSSR count). The SMILES string of the molecule is COc1cc(C2CCCCN2C2CCNCC2)ccc1[N+](=O)[O-]. The van der Waals surface area contributed by atoms with Crippen LogP contribution in [-0.4, -0.2) is 42.6 Å². The number of nitrogens with zero attached hydrogens (tertiary/aromatic N) is 2. The molecule has 1 unspecified atom stereocenters. The molecule has 0 aromatic heterocycles. The fourth-order valence-electron chi connectivity index (χ4n) is 3.94. The van der Waals surface area contributed by atoms with Crippen LogP contribution in [-0.2, 0) is 0 Å². The number of nitrogens with one attached hydrogen (secondary N) is 1. The fraction of sp³-hybridized carbons (Fsp3) is 0.647. The van der Waals surface area contributed by atoms with Gasteiger partial charge in [-0.2, -0.15) is 0 Å². The normalized spacial score (nSPS) is 23.6. The van der Waals surface area contributed by atoms with Gasteiger partial charge in [0.1, 0.15) is 0 Å². The summed E-state index contributed by atoms with van der Waals surface area (Å²) in [7, 11) is 1.50. The van der Waals surface area contributed by atoms with Gasteiger partial charge in [-0.15, -0.1) is 0 Å². The zero-order chi connectivity index (χ0) is 16.2. The summed E-state index contributed by atoms with van der Waals surface area (Å²) in [6, 6.07) is 6.32. The summed E-state index contributed by atoms with van der Waals surface area (Å²) >= 11 is 0. The first-order valence-electron chi connectivity index (χ1n) is 8.49. The summed E-state index contributed by atoms with van der Waals surface area (Å²) < 4.78 is 5.25. The predicted molar refractivity (Wildman–Crippen MR) is 88.8 cm³/mol. The third-order valence-electron chi connectivity index (χ3n) is 5.11. The largest absolute Gasteiger partial charge is 0.490 e. The van der Waals surface area contributed by atoms with E-state index in [4.69, 9.17) is 4.74 Å². The van der Waals surface area contributed by atoms with Gasteiger partial charge in [-0.1, -0.05) is 12.5 Å². The summed E-state index contributed by atoms with van der Waals surface area (Å²) in [6.45, 7) is 3.28. The van der Waals surface area contributed by atoms with Gasteiger partial charge in [-0.25, -0.2) is 0 Å². The van der Waals surface area contributed by atoms with Crippen molar-refractivity contribution in [3.63, 3.8) is 0 Å². The molecule has 1 aromatic carbocycles. The van der Waals surface area contributed by atoms with E-state index in [1.165, 1.54) is 32.8 Å². The van der Waals surface area contributed by atoms with Gasteiger partial charge in [-0.05, 0) is 56.9 Å². The van der Waals surface area contributed by atoms with Crippen molar-refractivity contribution in [3.8, 4) is 5.75 Å². The van der Waals surface area contributed by atoms with Crippen molar-refractivity contribution in [1.82, 2.24) is 10.2 Å². The van der Waals surface area contributed by atoms with Crippen molar-refractivity contribution in [2.24, 2.45) is 0 Å². The zero-order valence-corrected chi connectivity index (χ0v) is 13.7. The second kappa shape index (κ2) is 7.27. The van der Waals surface area contributed by atoms with Gasteiger partial charge in [0.05, 0.1) is 12.0 Å². The molecule has 126 valence electrons. The molecule has 1 atom stereocenters. The van der Waals surface area contributed by atoms with Crippen LogP contribution in [0.1, 0.15) is 43.7 Å². The van der Waals surface area contributed by atoms with Crippen LogP contribution in [0.15, 0.2) is 18.2 Å². The Labute approximate surface area is 137 Å². The fourth-order valence-corrected chi connectivity index (χ4v) is 3.94. The molecular weight excluding hydrogens is 294 g/mol. The van der Waals surface area contributed by atoms with Gasteiger partial charge < -0.3 is 10.1 Å². The van der Waals surface area contributed by atoms with Crippen LogP contribution in [0.5, 0.6) is 5.75 Å². The lowest BCUT2D eigenvalue weighted by atomic mass is 9.91. The highest BCUT2D eigenvalue weighted by atomic mass is 16.6. The monoisotopic (exact) mass is 319 g/mol. The lowest BCUT2D eigenvalue weighted by Crippen LogP contribution is -2.46. The van der Waals surface area contributed by atoms with E-state index in [0.29, 0.717) is 17.8 Å². The van der Waals surface area contributed by atoms with Gasteiger partial charge in [-0.3, -0.25) is 15.0 Å². The number of rotatable bonds is 4. The highest BCUT2D eigenvalue weighted by Gasteiger charge is 2.31. The van der Waals surface area contributed by atoms with E-state index in [2.05, 4.69) is 10.2 Å². The van der Waals surface area contributed by atoms with E-state index in [0.717, 1.165) is 31.6 Å². The van der Waals surface area contributed by atoms with Gasteiger partial charge in [0.15, 0.2) is 5.75 Å². The number of nitro groups is 1. The summed E-state index contributed by atoms with van der Waals surface area (Å²) in [5.41, 5.74) is 1.19. The summed E-state index contributed by atoms with van der Waals surface area (Å²) in [5.74, 6) is 0.364. The first kappa shape index (κ1) is 16.2. The first-order valence-corrected chi connectivity index (χ1v) is 8.49. The minimum atomic E-state index is -0.381. The second-order valence-corrected chi connectivity index (χ2v) is 6.42. The van der Waals surface area contributed by atoms with Crippen LogP contribution in [0.2, 0.25) is 0 Å². The number of likely N-dealkylation sites (tertiary alicyclic amines) is 1. The van der Waals surface area contributed by atoms with Crippen LogP contribution >= 0.6 is 0 Å². The van der Waals surface area contributed by atoms with Gasteiger partial charge in [0.25, 0.3) is 0 Å². The minimum Gasteiger partial charge on any atom is -0.490 e. The molecule has 0 spiro atoms. The van der Waals surface area contributed by atoms with Crippen LogP contribution in [0.25, 0.3) is 0 Å². The molecule has 0 radical (unpaired) electrons. The standard InChI is InChI=1S/C17H25N3O3/c1-23-17-12-13(5-6-16(17)20(21)22)15-4-2-3-11-19(15)14-7-9-18-10-8-14/h5-6,12,14-15,18H,2-4,7-11H2,1H3. The molecule has 0 saturated carbocycles. The molecule has 0 bridgehead atoms. The molecule has 2 aliphatic rings. The molecule has 1 aromatic rings. The van der Waals surface area contributed by atoms with Crippen LogP contribution in [0.4, 0.5) is 5.69 Å². The van der Waals surface area contributed by atoms with Gasteiger partial charge >= 0.3 is 5.69 Å². The molecule has 1 N–H and O–H groups in total. The van der Waals surface area contributed by atoms with Gasteiger partial charge in [0, 0.05) is 18.2 Å². The molecule has 0 amide bonds. The van der Waals surface area contributed by atoms with Crippen LogP contribution in [0, 0.1) is 10.1 Å². The Balaban J connectivity index is 1.86. The van der Waals surface area contributed by atoms with E-state index in [9.17, 15) is 10.1 Å². The van der Waals surface area contributed by atoms with Crippen LogP contribution < -0.4 is 10.1 Å². The Morgan fingerprint density at radius 1 is 1.26 bits per heavy atom. The topological polar surface area (TPSA) is 67.6 Å². The molecule has 2 fully saturated rings. The zero-order valence-electron chi connectivity index (χ0n) is 13.7. The van der Waals surface area contributed by atoms with Crippen LogP contribution in [0.3, 0.4) is 0 Å². The number of hydrogen-bond donors (Lipinski definition) is 1. The predicted octanol–water partition coefficient (Wildman–Crippen LogP) is 2.88. The van der Waals surface area contributed by atoms with E-state index < -0.39 is 0 Å². The maximum atomic E-state index is 11.1. The molecule has 6 nitrogen and oxygen atoms in total. The summed E-state index contributed by atoms with van der Waals surface area (Å²) in [5, 5.41) is 14.5. The molecule has 0 aliphatic carbocycles. The van der Waals surface area contributed by atoms with E-state index >= 15 is 0 Å². The molecule has 2 saturated heterocycles.